The van der Waals surface area contributed by atoms with E-state index in [9.17, 15) is 39.6 Å². The van der Waals surface area contributed by atoms with E-state index < -0.39 is 17.7 Å². The smallest absolute Gasteiger partial charge is 0.220 e. The molecule has 0 radical (unpaired) electrons. The molecule has 14 heteroatoms. The summed E-state index contributed by atoms with van der Waals surface area (Å²) in [4.78, 5) is 58.1. The molecule has 0 aromatic rings. The monoisotopic (exact) mass is 558 g/mol. The van der Waals surface area contributed by atoms with Crippen molar-refractivity contribution >= 4 is 29.5 Å². The molecule has 5 N–H and O–H groups in total. The van der Waals surface area contributed by atoms with Gasteiger partial charge in [0.2, 0.25) is 29.5 Å². The zero-order chi connectivity index (χ0) is 29.5. The van der Waals surface area contributed by atoms with Gasteiger partial charge in [0.05, 0.1) is 6.54 Å². The van der Waals surface area contributed by atoms with Crippen LogP contribution in [0.4, 0.5) is 0 Å². The Labute approximate surface area is 230 Å². The standard InChI is InChI=1S/C25H45N6O8/c1-21(32)29(37)18-9-3-6-16-27-22(33)12-14-25(36)31(39)20-10-4-7-17-28-23(34)11-13-24(35)30(38)19-8-2-5-15-26/h2-20,26H2,1H3,(H,27,33)(H,28,34)/q-3/p+1. The van der Waals surface area contributed by atoms with Crippen LogP contribution in [0, 0.1) is 15.6 Å². The highest BCUT2D eigenvalue weighted by Gasteiger charge is 2.10. The van der Waals surface area contributed by atoms with Gasteiger partial charge >= 0.3 is 0 Å². The Morgan fingerprint density at radius 2 is 0.949 bits per heavy atom. The van der Waals surface area contributed by atoms with Crippen LogP contribution in [0.5, 0.6) is 0 Å². The molecule has 0 aromatic heterocycles. The normalized spacial score (nSPS) is 10.6. The summed E-state index contributed by atoms with van der Waals surface area (Å²) >= 11 is 0. The molecule has 0 saturated heterocycles. The second kappa shape index (κ2) is 23.1. The fourth-order valence-electron chi connectivity index (χ4n) is 3.45. The van der Waals surface area contributed by atoms with Crippen molar-refractivity contribution in [2.45, 2.75) is 90.4 Å². The van der Waals surface area contributed by atoms with E-state index in [4.69, 9.17) is 0 Å². The number of hydrogen-bond donors (Lipinski definition) is 3. The van der Waals surface area contributed by atoms with Crippen molar-refractivity contribution in [1.29, 1.82) is 0 Å². The minimum atomic E-state index is -0.669. The van der Waals surface area contributed by atoms with E-state index in [0.717, 1.165) is 19.4 Å². The number of hydroxylamine groups is 6. The van der Waals surface area contributed by atoms with E-state index in [2.05, 4.69) is 16.4 Å². The number of rotatable bonds is 23. The molecular weight excluding hydrogens is 512 g/mol. The summed E-state index contributed by atoms with van der Waals surface area (Å²) in [5, 5.41) is 41.1. The van der Waals surface area contributed by atoms with Crippen molar-refractivity contribution in [2.24, 2.45) is 0 Å². The molecule has 0 aliphatic rings. The Bertz CT molecular complexity index is 739. The predicted octanol–water partition coefficient (Wildman–Crippen LogP) is 0.531. The van der Waals surface area contributed by atoms with Crippen molar-refractivity contribution in [3.63, 3.8) is 0 Å². The molecule has 0 rings (SSSR count). The number of nitrogens with one attached hydrogen (secondary N) is 2. The van der Waals surface area contributed by atoms with Crippen LogP contribution in [-0.2, 0) is 24.0 Å². The Hall–Kier alpha value is -2.81. The minimum absolute atomic E-state index is 0.00595. The van der Waals surface area contributed by atoms with Crippen LogP contribution in [0.1, 0.15) is 90.4 Å². The van der Waals surface area contributed by atoms with E-state index >= 15 is 0 Å². The van der Waals surface area contributed by atoms with Crippen molar-refractivity contribution in [2.75, 3.05) is 39.3 Å². The van der Waals surface area contributed by atoms with Crippen LogP contribution in [0.2, 0.25) is 0 Å². The molecule has 39 heavy (non-hydrogen) atoms. The van der Waals surface area contributed by atoms with Crippen LogP contribution >= 0.6 is 0 Å². The zero-order valence-electron chi connectivity index (χ0n) is 23.2. The Balaban J connectivity index is 3.75. The summed E-state index contributed by atoms with van der Waals surface area (Å²) in [7, 11) is 0. The van der Waals surface area contributed by atoms with Crippen LogP contribution in [0.15, 0.2) is 0 Å². The van der Waals surface area contributed by atoms with Crippen LogP contribution in [0.3, 0.4) is 0 Å². The highest BCUT2D eigenvalue weighted by atomic mass is 16.5. The van der Waals surface area contributed by atoms with E-state index in [1.54, 1.807) is 0 Å². The molecule has 14 nitrogen and oxygen atoms in total. The topological polar surface area (TPSA) is 216 Å². The van der Waals surface area contributed by atoms with Gasteiger partial charge < -0.3 is 47.2 Å². The number of carbonyl (C=O) groups is 5. The third kappa shape index (κ3) is 20.8. The molecule has 0 aliphatic heterocycles. The first-order chi connectivity index (χ1) is 18.6. The van der Waals surface area contributed by atoms with E-state index in [-0.39, 0.29) is 57.1 Å². The van der Waals surface area contributed by atoms with Crippen molar-refractivity contribution < 1.29 is 29.7 Å². The SMILES string of the molecule is CC(=O)N([O-])CCCCCNC(=O)CCC(=O)N([O-])CCCCCNC(=O)CCC(=O)N([O-])CCCCC[NH3+]. The molecule has 0 atom stereocenters. The number of hydrogen-bond acceptors (Lipinski definition) is 8. The molecule has 0 bridgehead atoms. The van der Waals surface area contributed by atoms with Gasteiger partial charge in [0.15, 0.2) is 0 Å². The van der Waals surface area contributed by atoms with E-state index in [0.29, 0.717) is 73.2 Å². The summed E-state index contributed by atoms with van der Waals surface area (Å²) in [6.07, 6.45) is 5.35. The molecule has 0 unspecified atom stereocenters. The van der Waals surface area contributed by atoms with Crippen molar-refractivity contribution in [3.05, 3.63) is 15.6 Å². The van der Waals surface area contributed by atoms with Gasteiger partial charge in [-0.05, 0) is 57.8 Å². The highest BCUT2D eigenvalue weighted by molar-refractivity contribution is 5.84. The lowest BCUT2D eigenvalue weighted by atomic mass is 10.2. The van der Waals surface area contributed by atoms with Gasteiger partial charge in [-0.25, -0.2) is 0 Å². The number of carbonyl (C=O) groups excluding carboxylic acids is 5. The lowest BCUT2D eigenvalue weighted by Crippen LogP contribution is -2.50. The third-order valence-electron chi connectivity index (χ3n) is 5.87. The maximum atomic E-state index is 11.9. The highest BCUT2D eigenvalue weighted by Crippen LogP contribution is 2.04. The first-order valence-corrected chi connectivity index (χ1v) is 13.8. The van der Waals surface area contributed by atoms with Gasteiger partial charge in [-0.1, -0.05) is 0 Å². The lowest BCUT2D eigenvalue weighted by Gasteiger charge is -2.28. The van der Waals surface area contributed by atoms with Gasteiger partial charge in [-0.2, -0.15) is 0 Å². The summed E-state index contributed by atoms with van der Waals surface area (Å²) in [5.41, 5.74) is 3.72. The number of nitrogens with zero attached hydrogens (tertiary/aromatic N) is 3. The van der Waals surface area contributed by atoms with Crippen molar-refractivity contribution in [1.82, 2.24) is 25.8 Å². The number of quaternary nitrogens is 1. The summed E-state index contributed by atoms with van der Waals surface area (Å²) in [6, 6.07) is 0. The average Bonchev–Trinajstić information content (AvgIpc) is 2.91. The first kappa shape index (κ1) is 36.2. The van der Waals surface area contributed by atoms with Crippen LogP contribution in [0.25, 0.3) is 0 Å². The summed E-state index contributed by atoms with van der Waals surface area (Å²) in [5.74, 6) is -2.47. The fraction of sp³-hybridized carbons (Fsp3) is 0.800. The average molecular weight is 559 g/mol. The van der Waals surface area contributed by atoms with Crippen LogP contribution in [-0.4, -0.2) is 84.0 Å². The fourth-order valence-corrected chi connectivity index (χ4v) is 3.45. The maximum absolute atomic E-state index is 11.9. The van der Waals surface area contributed by atoms with E-state index in [1.807, 2.05) is 0 Å². The Kier molecular flexibility index (Phi) is 21.4. The Morgan fingerprint density at radius 1 is 0.564 bits per heavy atom. The second-order valence-corrected chi connectivity index (χ2v) is 9.35. The zero-order valence-corrected chi connectivity index (χ0v) is 23.2. The summed E-state index contributed by atoms with van der Waals surface area (Å²) < 4.78 is 0. The molecule has 0 saturated carbocycles. The van der Waals surface area contributed by atoms with Gasteiger partial charge in [-0.15, -0.1) is 0 Å². The number of amides is 5. The van der Waals surface area contributed by atoms with Crippen LogP contribution < -0.4 is 16.4 Å². The van der Waals surface area contributed by atoms with Gasteiger partial charge in [0.1, 0.15) is 0 Å². The van der Waals surface area contributed by atoms with Gasteiger partial charge in [-0.3, -0.25) is 24.0 Å². The van der Waals surface area contributed by atoms with E-state index in [1.165, 1.54) is 6.92 Å². The largest absolute Gasteiger partial charge is 0.756 e. The van der Waals surface area contributed by atoms with Gasteiger partial charge in [0, 0.05) is 65.3 Å². The molecule has 0 spiro atoms. The molecule has 0 aliphatic carbocycles. The lowest BCUT2D eigenvalue weighted by molar-refractivity contribution is -0.368. The quantitative estimate of drug-likeness (QED) is 0.118. The summed E-state index contributed by atoms with van der Waals surface area (Å²) in [6.45, 7) is 2.98. The Morgan fingerprint density at radius 3 is 1.33 bits per heavy atom. The molecule has 5 amide bonds. The molecule has 0 fully saturated rings. The maximum Gasteiger partial charge on any atom is 0.220 e. The molecular formula is C25H46N6O8-2. The molecule has 226 valence electrons. The molecule has 0 aromatic carbocycles. The van der Waals surface area contributed by atoms with Crippen molar-refractivity contribution in [3.8, 4) is 0 Å². The predicted molar refractivity (Wildman–Crippen MR) is 145 cm³/mol. The number of unbranched alkanes of at least 4 members (excludes halogenated alkanes) is 6. The van der Waals surface area contributed by atoms with Gasteiger partial charge in [0.25, 0.3) is 0 Å². The molecule has 0 heterocycles. The third-order valence-corrected chi connectivity index (χ3v) is 5.87. The first-order valence-electron chi connectivity index (χ1n) is 13.8. The minimum Gasteiger partial charge on any atom is -0.756 e. The second-order valence-electron chi connectivity index (χ2n) is 9.35.